The van der Waals surface area contributed by atoms with Crippen LogP contribution < -0.4 is 10.2 Å². The van der Waals surface area contributed by atoms with Crippen LogP contribution in [0.3, 0.4) is 0 Å². The monoisotopic (exact) mass is 523 g/mol. The molecule has 1 aliphatic heterocycles. The number of nitrogens with one attached hydrogen (secondary N) is 1. The number of benzene rings is 2. The Labute approximate surface area is 216 Å². The molecule has 1 N–H and O–H groups in total. The van der Waals surface area contributed by atoms with Crippen LogP contribution in [0.15, 0.2) is 81.0 Å². The fraction of sp³-hybridized carbons (Fsp3) is 0.200. The molecule has 2 amide bonds. The van der Waals surface area contributed by atoms with Crippen molar-refractivity contribution in [3.63, 3.8) is 0 Å². The standard InChI is InChI=1S/C25H22ClN5O4S/c26-18-4-1-3-17(15-18)24(33)31-12-10-30(11-13-31)20-8-6-19(7-9-20)27-22(32)16-36-25-29-28-23(35-25)21-5-2-14-34-21/h1-9,14-15H,10-13,16H2,(H,27,32). The van der Waals surface area contributed by atoms with E-state index in [9.17, 15) is 9.59 Å². The van der Waals surface area contributed by atoms with E-state index >= 15 is 0 Å². The molecule has 5 rings (SSSR count). The average molecular weight is 524 g/mol. The lowest BCUT2D eigenvalue weighted by Crippen LogP contribution is -2.48. The van der Waals surface area contributed by atoms with E-state index in [1.165, 1.54) is 6.26 Å². The lowest BCUT2D eigenvalue weighted by atomic mass is 10.1. The Morgan fingerprint density at radius 3 is 2.53 bits per heavy atom. The molecule has 0 atom stereocenters. The second kappa shape index (κ2) is 10.9. The molecule has 0 saturated carbocycles. The molecule has 1 aliphatic rings. The first-order valence-corrected chi connectivity index (χ1v) is 12.6. The number of nitrogens with zero attached hydrogens (tertiary/aromatic N) is 4. The summed E-state index contributed by atoms with van der Waals surface area (Å²) in [4.78, 5) is 29.1. The van der Waals surface area contributed by atoms with E-state index < -0.39 is 0 Å². The Balaban J connectivity index is 1.09. The van der Waals surface area contributed by atoms with Gasteiger partial charge in [-0.3, -0.25) is 9.59 Å². The number of aromatic nitrogens is 2. The maximum Gasteiger partial charge on any atom is 0.284 e. The summed E-state index contributed by atoms with van der Waals surface area (Å²) >= 11 is 7.17. The summed E-state index contributed by atoms with van der Waals surface area (Å²) in [7, 11) is 0. The lowest BCUT2D eigenvalue weighted by Gasteiger charge is -2.36. The first-order chi connectivity index (χ1) is 17.5. The second-order valence-corrected chi connectivity index (χ2v) is 9.39. The minimum Gasteiger partial charge on any atom is -0.459 e. The van der Waals surface area contributed by atoms with Gasteiger partial charge >= 0.3 is 0 Å². The molecule has 1 fully saturated rings. The molecule has 11 heteroatoms. The van der Waals surface area contributed by atoms with E-state index in [4.69, 9.17) is 20.4 Å². The molecular formula is C25H22ClN5O4S. The van der Waals surface area contributed by atoms with Crippen molar-refractivity contribution >= 4 is 46.6 Å². The van der Waals surface area contributed by atoms with Gasteiger partial charge in [-0.1, -0.05) is 29.4 Å². The summed E-state index contributed by atoms with van der Waals surface area (Å²) in [6, 6.07) is 18.1. The lowest BCUT2D eigenvalue weighted by molar-refractivity contribution is -0.113. The quantitative estimate of drug-likeness (QED) is 0.348. The smallest absolute Gasteiger partial charge is 0.284 e. The van der Waals surface area contributed by atoms with Crippen molar-refractivity contribution in [2.45, 2.75) is 5.22 Å². The predicted molar refractivity (Wildman–Crippen MR) is 137 cm³/mol. The zero-order valence-corrected chi connectivity index (χ0v) is 20.7. The Bertz CT molecular complexity index is 1330. The molecule has 36 heavy (non-hydrogen) atoms. The molecule has 0 spiro atoms. The van der Waals surface area contributed by atoms with Crippen LogP contribution in [0.25, 0.3) is 11.7 Å². The van der Waals surface area contributed by atoms with E-state index in [-0.39, 0.29) is 23.5 Å². The van der Waals surface area contributed by atoms with Crippen molar-refractivity contribution in [1.82, 2.24) is 15.1 Å². The van der Waals surface area contributed by atoms with Gasteiger partial charge < -0.3 is 24.0 Å². The third kappa shape index (κ3) is 5.72. The zero-order valence-electron chi connectivity index (χ0n) is 19.1. The molecule has 4 aromatic rings. The predicted octanol–water partition coefficient (Wildman–Crippen LogP) is 4.68. The van der Waals surface area contributed by atoms with Gasteiger partial charge in [0.15, 0.2) is 5.76 Å². The van der Waals surface area contributed by atoms with Crippen molar-refractivity contribution in [2.24, 2.45) is 0 Å². The van der Waals surface area contributed by atoms with Crippen LogP contribution in [0, 0.1) is 0 Å². The van der Waals surface area contributed by atoms with E-state index in [0.29, 0.717) is 40.3 Å². The van der Waals surface area contributed by atoms with Crippen molar-refractivity contribution in [2.75, 3.05) is 42.1 Å². The molecule has 0 bridgehead atoms. The number of amides is 2. The molecule has 0 unspecified atom stereocenters. The maximum atomic E-state index is 12.7. The van der Waals surface area contributed by atoms with Crippen LogP contribution in [0.2, 0.25) is 5.02 Å². The first-order valence-electron chi connectivity index (χ1n) is 11.2. The van der Waals surface area contributed by atoms with Crippen LogP contribution in [0.5, 0.6) is 0 Å². The fourth-order valence-electron chi connectivity index (χ4n) is 3.82. The first kappa shape index (κ1) is 24.0. The Morgan fingerprint density at radius 2 is 1.81 bits per heavy atom. The molecule has 2 aromatic carbocycles. The van der Waals surface area contributed by atoms with E-state index in [0.717, 1.165) is 30.5 Å². The third-order valence-electron chi connectivity index (χ3n) is 5.62. The van der Waals surface area contributed by atoms with Gasteiger partial charge in [-0.05, 0) is 54.6 Å². The number of thioether (sulfide) groups is 1. The van der Waals surface area contributed by atoms with Crippen LogP contribution in [-0.4, -0.2) is 58.8 Å². The highest BCUT2D eigenvalue weighted by Crippen LogP contribution is 2.24. The van der Waals surface area contributed by atoms with Gasteiger partial charge in [0, 0.05) is 48.1 Å². The number of hydrogen-bond acceptors (Lipinski definition) is 8. The highest BCUT2D eigenvalue weighted by molar-refractivity contribution is 7.99. The highest BCUT2D eigenvalue weighted by Gasteiger charge is 2.22. The number of piperazine rings is 1. The van der Waals surface area contributed by atoms with Gasteiger partial charge in [0.25, 0.3) is 17.0 Å². The summed E-state index contributed by atoms with van der Waals surface area (Å²) in [5.41, 5.74) is 2.33. The minimum absolute atomic E-state index is 0.00852. The number of furan rings is 1. The van der Waals surface area contributed by atoms with Gasteiger partial charge in [-0.2, -0.15) is 0 Å². The Hall–Kier alpha value is -3.76. The van der Waals surface area contributed by atoms with Gasteiger partial charge in [0.05, 0.1) is 12.0 Å². The summed E-state index contributed by atoms with van der Waals surface area (Å²) in [5.74, 6) is 0.690. The topological polar surface area (TPSA) is 105 Å². The van der Waals surface area contributed by atoms with Crippen LogP contribution in [0.1, 0.15) is 10.4 Å². The number of hydrogen-bond donors (Lipinski definition) is 1. The molecular weight excluding hydrogens is 502 g/mol. The summed E-state index contributed by atoms with van der Waals surface area (Å²) in [5, 5.41) is 11.6. The summed E-state index contributed by atoms with van der Waals surface area (Å²) in [6.07, 6.45) is 1.52. The van der Waals surface area contributed by atoms with Gasteiger partial charge in [-0.25, -0.2) is 0 Å². The summed E-state index contributed by atoms with van der Waals surface area (Å²) in [6.45, 7) is 2.69. The normalized spacial score (nSPS) is 13.6. The van der Waals surface area contributed by atoms with Crippen molar-refractivity contribution in [3.05, 3.63) is 77.5 Å². The molecule has 1 saturated heterocycles. The third-order valence-corrected chi connectivity index (χ3v) is 6.67. The van der Waals surface area contributed by atoms with E-state index in [1.807, 2.05) is 29.2 Å². The Kier molecular flexibility index (Phi) is 7.24. The van der Waals surface area contributed by atoms with Gasteiger partial charge in [-0.15, -0.1) is 10.2 Å². The highest BCUT2D eigenvalue weighted by atomic mass is 35.5. The SMILES string of the molecule is O=C(CSc1nnc(-c2ccco2)o1)Nc1ccc(N2CCN(C(=O)c3cccc(Cl)c3)CC2)cc1. The molecule has 184 valence electrons. The zero-order chi connectivity index (χ0) is 24.9. The van der Waals surface area contributed by atoms with Crippen LogP contribution >= 0.6 is 23.4 Å². The van der Waals surface area contributed by atoms with E-state index in [2.05, 4.69) is 20.4 Å². The van der Waals surface area contributed by atoms with Crippen molar-refractivity contribution in [3.8, 4) is 11.7 Å². The van der Waals surface area contributed by atoms with Gasteiger partial charge in [0.1, 0.15) is 0 Å². The Morgan fingerprint density at radius 1 is 1.00 bits per heavy atom. The summed E-state index contributed by atoms with van der Waals surface area (Å²) < 4.78 is 10.7. The largest absolute Gasteiger partial charge is 0.459 e. The van der Waals surface area contributed by atoms with Crippen LogP contribution in [0.4, 0.5) is 11.4 Å². The molecule has 0 aliphatic carbocycles. The number of anilines is 2. The fourth-order valence-corrected chi connectivity index (χ4v) is 4.57. The number of carbonyl (C=O) groups is 2. The number of rotatable bonds is 7. The van der Waals surface area contributed by atoms with Crippen molar-refractivity contribution in [1.29, 1.82) is 0 Å². The average Bonchev–Trinajstić information content (AvgIpc) is 3.60. The van der Waals surface area contributed by atoms with Crippen molar-refractivity contribution < 1.29 is 18.4 Å². The number of carbonyl (C=O) groups excluding carboxylic acids is 2. The molecule has 0 radical (unpaired) electrons. The molecule has 2 aromatic heterocycles. The molecule has 9 nitrogen and oxygen atoms in total. The minimum atomic E-state index is -0.182. The van der Waals surface area contributed by atoms with E-state index in [1.54, 1.807) is 36.4 Å². The second-order valence-electron chi connectivity index (χ2n) is 8.02. The van der Waals surface area contributed by atoms with Gasteiger partial charge in [0.2, 0.25) is 5.91 Å². The van der Waals surface area contributed by atoms with Crippen LogP contribution in [-0.2, 0) is 4.79 Å². The number of halogens is 1. The maximum absolute atomic E-state index is 12.7. The molecule has 3 heterocycles.